The number of pyridine rings is 1. The quantitative estimate of drug-likeness (QED) is 0.497. The van der Waals surface area contributed by atoms with E-state index < -0.39 is 5.60 Å². The Bertz CT molecular complexity index is 671. The first-order valence-corrected chi connectivity index (χ1v) is 9.29. The van der Waals surface area contributed by atoms with Crippen LogP contribution in [-0.2, 0) is 12.1 Å². The number of thiophene rings is 1. The molecule has 0 saturated carbocycles. The van der Waals surface area contributed by atoms with E-state index in [1.54, 1.807) is 24.5 Å². The molecular weight excluding hydrogens is 336 g/mol. The van der Waals surface area contributed by atoms with Crippen LogP contribution in [0.3, 0.4) is 0 Å². The summed E-state index contributed by atoms with van der Waals surface area (Å²) in [5, 5.41) is 19.0. The van der Waals surface area contributed by atoms with Crippen molar-refractivity contribution < 1.29 is 9.84 Å². The van der Waals surface area contributed by atoms with Crippen molar-refractivity contribution in [1.82, 2.24) is 15.6 Å². The maximum atomic E-state index is 10.6. The minimum atomic E-state index is -0.941. The van der Waals surface area contributed by atoms with E-state index in [0.29, 0.717) is 31.5 Å². The normalized spacial score (nSPS) is 14.0. The summed E-state index contributed by atoms with van der Waals surface area (Å²) >= 11 is 1.54. The van der Waals surface area contributed by atoms with E-state index in [-0.39, 0.29) is 0 Å². The van der Waals surface area contributed by atoms with Gasteiger partial charge in [0.05, 0.1) is 19.7 Å². The first-order valence-electron chi connectivity index (χ1n) is 8.41. The van der Waals surface area contributed by atoms with Crippen LogP contribution >= 0.6 is 11.3 Å². The number of hydrogen-bond acceptors (Lipinski definition) is 5. The molecule has 0 spiro atoms. The van der Waals surface area contributed by atoms with Crippen LogP contribution in [0.1, 0.15) is 31.2 Å². The molecule has 0 saturated heterocycles. The van der Waals surface area contributed by atoms with Gasteiger partial charge in [-0.3, -0.25) is 0 Å². The van der Waals surface area contributed by atoms with E-state index in [9.17, 15) is 5.11 Å². The molecule has 0 aliphatic rings. The summed E-state index contributed by atoms with van der Waals surface area (Å²) in [5.74, 6) is 1.27. The number of guanidine groups is 1. The fourth-order valence-corrected chi connectivity index (χ4v) is 3.00. The molecule has 0 aliphatic carbocycles. The van der Waals surface area contributed by atoms with Crippen molar-refractivity contribution in [1.29, 1.82) is 0 Å². The second kappa shape index (κ2) is 9.39. The summed E-state index contributed by atoms with van der Waals surface area (Å²) in [6.07, 6.45) is 1.72. The molecule has 1 atom stereocenters. The van der Waals surface area contributed by atoms with E-state index in [1.807, 2.05) is 43.5 Å². The average Bonchev–Trinajstić information content (AvgIpc) is 3.14. The van der Waals surface area contributed by atoms with Gasteiger partial charge in [-0.2, -0.15) is 0 Å². The third-order valence-corrected chi connectivity index (χ3v) is 4.63. The molecule has 136 valence electrons. The van der Waals surface area contributed by atoms with Crippen LogP contribution in [0.5, 0.6) is 5.88 Å². The zero-order chi connectivity index (χ0) is 18.1. The molecule has 2 aromatic heterocycles. The summed E-state index contributed by atoms with van der Waals surface area (Å²) in [7, 11) is 0. The molecule has 0 bridgehead atoms. The average molecular weight is 362 g/mol. The Morgan fingerprint density at radius 1 is 1.36 bits per heavy atom. The Balaban J connectivity index is 1.99. The number of nitrogens with one attached hydrogen (secondary N) is 2. The molecule has 0 fully saturated rings. The molecule has 2 heterocycles. The summed E-state index contributed by atoms with van der Waals surface area (Å²) in [5.41, 5.74) is 0.0732. The zero-order valence-electron chi connectivity index (χ0n) is 15.0. The van der Waals surface area contributed by atoms with Gasteiger partial charge in [-0.25, -0.2) is 9.98 Å². The van der Waals surface area contributed by atoms with Gasteiger partial charge in [0.15, 0.2) is 5.96 Å². The first-order chi connectivity index (χ1) is 12.0. The molecule has 3 N–H and O–H groups in total. The van der Waals surface area contributed by atoms with Gasteiger partial charge in [0.2, 0.25) is 5.88 Å². The highest BCUT2D eigenvalue weighted by atomic mass is 32.1. The van der Waals surface area contributed by atoms with Gasteiger partial charge in [-0.15, -0.1) is 11.3 Å². The van der Waals surface area contributed by atoms with Crippen LogP contribution in [0.25, 0.3) is 0 Å². The van der Waals surface area contributed by atoms with Crippen molar-refractivity contribution in [2.75, 3.05) is 19.7 Å². The zero-order valence-corrected chi connectivity index (χ0v) is 15.8. The van der Waals surface area contributed by atoms with E-state index >= 15 is 0 Å². The SMILES string of the molecule is CCNC(=NCc1ccnc(OCC)c1)NCC(C)(O)c1cccs1. The van der Waals surface area contributed by atoms with Crippen LogP contribution < -0.4 is 15.4 Å². The molecule has 0 aliphatic heterocycles. The van der Waals surface area contributed by atoms with Gasteiger partial charge in [0.1, 0.15) is 5.60 Å². The number of aliphatic imine (C=N–C) groups is 1. The lowest BCUT2D eigenvalue weighted by Gasteiger charge is -2.23. The number of aromatic nitrogens is 1. The summed E-state index contributed by atoms with van der Waals surface area (Å²) in [6, 6.07) is 7.67. The summed E-state index contributed by atoms with van der Waals surface area (Å²) < 4.78 is 5.41. The Morgan fingerprint density at radius 3 is 2.88 bits per heavy atom. The molecule has 0 aromatic carbocycles. The van der Waals surface area contributed by atoms with Crippen LogP contribution in [0.15, 0.2) is 40.8 Å². The molecule has 25 heavy (non-hydrogen) atoms. The van der Waals surface area contributed by atoms with Crippen molar-refractivity contribution in [2.45, 2.75) is 32.9 Å². The van der Waals surface area contributed by atoms with Crippen LogP contribution in [0.4, 0.5) is 0 Å². The molecule has 1 unspecified atom stereocenters. The fourth-order valence-electron chi connectivity index (χ4n) is 2.22. The smallest absolute Gasteiger partial charge is 0.213 e. The van der Waals surface area contributed by atoms with E-state index in [0.717, 1.165) is 17.0 Å². The fraction of sp³-hybridized carbons (Fsp3) is 0.444. The minimum absolute atomic E-state index is 0.375. The Kier molecular flexibility index (Phi) is 7.21. The lowest BCUT2D eigenvalue weighted by Crippen LogP contribution is -2.44. The Hall–Kier alpha value is -2.12. The standard InChI is InChI=1S/C18H26N4O2S/c1-4-19-17(22-13-18(3,23)15-7-6-10-25-15)21-12-14-8-9-20-16(11-14)24-5-2/h6-11,23H,4-5,12-13H2,1-3H3,(H2,19,21,22). The van der Waals surface area contributed by atoms with Crippen molar-refractivity contribution >= 4 is 17.3 Å². The van der Waals surface area contributed by atoms with Crippen LogP contribution in [0.2, 0.25) is 0 Å². The highest BCUT2D eigenvalue weighted by Gasteiger charge is 2.24. The molecular formula is C18H26N4O2S. The molecule has 6 nitrogen and oxygen atoms in total. The van der Waals surface area contributed by atoms with E-state index in [1.165, 1.54) is 0 Å². The van der Waals surface area contributed by atoms with Crippen molar-refractivity contribution in [3.05, 3.63) is 46.3 Å². The minimum Gasteiger partial charge on any atom is -0.478 e. The van der Waals surface area contributed by atoms with E-state index in [4.69, 9.17) is 4.74 Å². The lowest BCUT2D eigenvalue weighted by molar-refractivity contribution is 0.0655. The third kappa shape index (κ3) is 6.03. The molecule has 2 aromatic rings. The number of hydrogen-bond donors (Lipinski definition) is 3. The molecule has 0 radical (unpaired) electrons. The Morgan fingerprint density at radius 2 is 2.20 bits per heavy atom. The third-order valence-electron chi connectivity index (χ3n) is 3.51. The maximum Gasteiger partial charge on any atom is 0.213 e. The predicted octanol–water partition coefficient (Wildman–Crippen LogP) is 2.50. The largest absolute Gasteiger partial charge is 0.478 e. The lowest BCUT2D eigenvalue weighted by atomic mass is 10.1. The summed E-state index contributed by atoms with van der Waals surface area (Å²) in [4.78, 5) is 9.65. The highest BCUT2D eigenvalue weighted by Crippen LogP contribution is 2.24. The molecule has 0 amide bonds. The number of nitrogens with zero attached hydrogens (tertiary/aromatic N) is 2. The van der Waals surface area contributed by atoms with Gasteiger partial charge in [0, 0.05) is 23.7 Å². The van der Waals surface area contributed by atoms with Gasteiger partial charge < -0.3 is 20.5 Å². The Labute approximate surface area is 153 Å². The second-order valence-electron chi connectivity index (χ2n) is 5.74. The maximum absolute atomic E-state index is 10.6. The first kappa shape index (κ1) is 19.2. The predicted molar refractivity (Wildman–Crippen MR) is 102 cm³/mol. The monoisotopic (exact) mass is 362 g/mol. The number of aliphatic hydroxyl groups is 1. The number of ether oxygens (including phenoxy) is 1. The number of rotatable bonds is 8. The van der Waals surface area contributed by atoms with Gasteiger partial charge >= 0.3 is 0 Å². The van der Waals surface area contributed by atoms with Crippen LogP contribution in [0, 0.1) is 0 Å². The second-order valence-corrected chi connectivity index (χ2v) is 6.68. The van der Waals surface area contributed by atoms with Gasteiger partial charge in [-0.1, -0.05) is 6.07 Å². The van der Waals surface area contributed by atoms with Crippen molar-refractivity contribution in [2.24, 2.45) is 4.99 Å². The highest BCUT2D eigenvalue weighted by molar-refractivity contribution is 7.10. The molecule has 2 rings (SSSR count). The van der Waals surface area contributed by atoms with E-state index in [2.05, 4.69) is 20.6 Å². The van der Waals surface area contributed by atoms with Crippen LogP contribution in [-0.4, -0.2) is 35.7 Å². The van der Waals surface area contributed by atoms with Gasteiger partial charge in [0.25, 0.3) is 0 Å². The topological polar surface area (TPSA) is 78.8 Å². The molecule has 7 heteroatoms. The van der Waals surface area contributed by atoms with Gasteiger partial charge in [-0.05, 0) is 43.8 Å². The van der Waals surface area contributed by atoms with Crippen molar-refractivity contribution in [3.63, 3.8) is 0 Å². The van der Waals surface area contributed by atoms with Crippen molar-refractivity contribution in [3.8, 4) is 5.88 Å². The summed E-state index contributed by atoms with van der Waals surface area (Å²) in [6.45, 7) is 7.94.